The maximum absolute atomic E-state index is 11.7. The summed E-state index contributed by atoms with van der Waals surface area (Å²) in [6.07, 6.45) is 3.76. The molecule has 25 heavy (non-hydrogen) atoms. The summed E-state index contributed by atoms with van der Waals surface area (Å²) in [4.78, 5) is 27.4. The molecular weight excluding hydrogens is 336 g/mol. The lowest BCUT2D eigenvalue weighted by molar-refractivity contribution is -0.118. The predicted octanol–water partition coefficient (Wildman–Crippen LogP) is 3.16. The van der Waals surface area contributed by atoms with E-state index in [9.17, 15) is 9.59 Å². The fraction of sp³-hybridized carbons (Fsp3) is 0.316. The van der Waals surface area contributed by atoms with E-state index in [0.29, 0.717) is 6.61 Å². The van der Waals surface area contributed by atoms with Crippen molar-refractivity contribution in [2.24, 2.45) is 0 Å². The molecule has 2 heterocycles. The molecule has 1 aromatic heterocycles. The van der Waals surface area contributed by atoms with Crippen LogP contribution in [0.4, 0.5) is 4.79 Å². The summed E-state index contributed by atoms with van der Waals surface area (Å²) in [5.41, 5.74) is 3.01. The molecule has 0 radical (unpaired) electrons. The summed E-state index contributed by atoms with van der Waals surface area (Å²) in [6, 6.07) is 11.4. The minimum absolute atomic E-state index is 0.170. The van der Waals surface area contributed by atoms with E-state index in [0.717, 1.165) is 41.6 Å². The molecule has 6 heteroatoms. The highest BCUT2D eigenvalue weighted by molar-refractivity contribution is 8.15. The maximum Gasteiger partial charge on any atom is 0.286 e. The van der Waals surface area contributed by atoms with Crippen LogP contribution in [-0.2, 0) is 24.1 Å². The van der Waals surface area contributed by atoms with Crippen LogP contribution in [0.3, 0.4) is 0 Å². The van der Waals surface area contributed by atoms with Gasteiger partial charge in [-0.3, -0.25) is 19.9 Å². The Hall–Kier alpha value is -2.34. The molecule has 130 valence electrons. The van der Waals surface area contributed by atoms with Gasteiger partial charge in [-0.2, -0.15) is 0 Å². The summed E-state index contributed by atoms with van der Waals surface area (Å²) in [5, 5.41) is 0.199. The van der Waals surface area contributed by atoms with Gasteiger partial charge in [-0.15, -0.1) is 0 Å². The Kier molecular flexibility index (Phi) is 5.27. The van der Waals surface area contributed by atoms with Crippen molar-refractivity contribution < 1.29 is 15.7 Å². The first-order valence-electron chi connectivity index (χ1n) is 8.68. The Balaban J connectivity index is 1.51. The lowest BCUT2D eigenvalue weighted by atomic mass is 10.1. The Labute approximate surface area is 152 Å². The van der Waals surface area contributed by atoms with E-state index in [1.165, 1.54) is 5.56 Å². The fourth-order valence-electron chi connectivity index (χ4n) is 2.44. The van der Waals surface area contributed by atoms with Crippen LogP contribution in [-0.4, -0.2) is 28.0 Å². The molecule has 1 N–H and O–H groups in total. The highest BCUT2D eigenvalue weighted by atomic mass is 32.2. The molecule has 2 amide bonds. The Morgan fingerprint density at radius 3 is 2.56 bits per heavy atom. The summed E-state index contributed by atoms with van der Waals surface area (Å²) in [7, 11) is 0. The number of hydrogen-bond donors (Lipinski definition) is 1. The molecule has 5 nitrogen and oxygen atoms in total. The van der Waals surface area contributed by atoms with Gasteiger partial charge >= 0.3 is 0 Å². The standard InChI is InChI=1S/C19H20N2O3S/c1-2-13-3-6-15(20-12-13)9-10-24-16-7-4-14(5-8-16)11-17-18(22)21-19(23)25-17/h3-8,12,17H,2,9-11H2,1H3,(H,21,22,23)/t17-/m0/s1/i17D. The molecule has 1 atom stereocenters. The maximum atomic E-state index is 11.7. The molecule has 1 aliphatic heterocycles. The third-order valence-electron chi connectivity index (χ3n) is 3.89. The highest BCUT2D eigenvalue weighted by Crippen LogP contribution is 2.23. The number of nitrogens with zero attached hydrogens (tertiary/aromatic N) is 1. The van der Waals surface area contributed by atoms with Crippen molar-refractivity contribution in [3.05, 3.63) is 59.4 Å². The van der Waals surface area contributed by atoms with Crippen molar-refractivity contribution in [1.29, 1.82) is 0 Å². The second kappa shape index (κ2) is 8.16. The first kappa shape index (κ1) is 16.1. The van der Waals surface area contributed by atoms with Crippen LogP contribution in [0, 0.1) is 0 Å². The minimum Gasteiger partial charge on any atom is -0.493 e. The van der Waals surface area contributed by atoms with Crippen LogP contribution in [0.25, 0.3) is 0 Å². The van der Waals surface area contributed by atoms with Gasteiger partial charge in [0.05, 0.1) is 13.2 Å². The highest BCUT2D eigenvalue weighted by Gasteiger charge is 2.31. The minimum atomic E-state index is -1.49. The summed E-state index contributed by atoms with van der Waals surface area (Å²) in [5.74, 6) is 0.159. The van der Waals surface area contributed by atoms with Gasteiger partial charge in [-0.05, 0) is 42.2 Å². The smallest absolute Gasteiger partial charge is 0.286 e. The van der Waals surface area contributed by atoms with Crippen LogP contribution >= 0.6 is 11.8 Å². The van der Waals surface area contributed by atoms with Crippen LogP contribution < -0.4 is 10.1 Å². The van der Waals surface area contributed by atoms with Gasteiger partial charge in [0.1, 0.15) is 5.75 Å². The fourth-order valence-corrected chi connectivity index (χ4v) is 3.19. The molecule has 1 aliphatic rings. The number of imide groups is 1. The van der Waals surface area contributed by atoms with Crippen molar-refractivity contribution in [2.75, 3.05) is 6.61 Å². The zero-order chi connectivity index (χ0) is 18.6. The molecule has 1 saturated heterocycles. The number of aryl methyl sites for hydroxylation is 1. The largest absolute Gasteiger partial charge is 0.493 e. The number of carbonyl (C=O) groups excluding carboxylic acids is 2. The number of pyridine rings is 1. The van der Waals surface area contributed by atoms with Gasteiger partial charge in [-0.1, -0.05) is 36.9 Å². The van der Waals surface area contributed by atoms with Crippen molar-refractivity contribution in [1.82, 2.24) is 10.3 Å². The van der Waals surface area contributed by atoms with Crippen LogP contribution in [0.2, 0.25) is 0 Å². The van der Waals surface area contributed by atoms with E-state index >= 15 is 0 Å². The molecule has 1 fully saturated rings. The Morgan fingerprint density at radius 1 is 1.20 bits per heavy atom. The number of nitrogens with one attached hydrogen (secondary N) is 1. The monoisotopic (exact) mass is 357 g/mol. The molecule has 0 spiro atoms. The van der Waals surface area contributed by atoms with E-state index in [2.05, 4.69) is 23.3 Å². The zero-order valence-electron chi connectivity index (χ0n) is 15.0. The lowest BCUT2D eigenvalue weighted by Gasteiger charge is -2.09. The summed E-state index contributed by atoms with van der Waals surface area (Å²) in [6.45, 7) is 2.62. The SMILES string of the molecule is [2H][C@@]1(Cc2ccc(OCCc3ccc(CC)cn3)cc2)SC(=O)NC1=O. The molecule has 0 aliphatic carbocycles. The Bertz CT molecular complexity index is 795. The number of ether oxygens (including phenoxy) is 1. The molecule has 1 aromatic carbocycles. The Morgan fingerprint density at radius 2 is 1.96 bits per heavy atom. The van der Waals surface area contributed by atoms with Gasteiger partial charge in [0.25, 0.3) is 5.24 Å². The average molecular weight is 357 g/mol. The summed E-state index contributed by atoms with van der Waals surface area (Å²) < 4.78 is 13.9. The van der Waals surface area contributed by atoms with E-state index in [1.807, 2.05) is 36.5 Å². The third-order valence-corrected chi connectivity index (χ3v) is 4.76. The van der Waals surface area contributed by atoms with Gasteiger partial charge in [0.2, 0.25) is 5.91 Å². The van der Waals surface area contributed by atoms with Crippen molar-refractivity contribution in [2.45, 2.75) is 31.4 Å². The molecule has 2 aromatic rings. The number of benzene rings is 1. The third kappa shape index (κ3) is 4.82. The quantitative estimate of drug-likeness (QED) is 0.824. The molecule has 0 saturated carbocycles. The second-order valence-corrected chi connectivity index (χ2v) is 6.77. The van der Waals surface area contributed by atoms with E-state index in [-0.39, 0.29) is 6.42 Å². The second-order valence-electron chi connectivity index (χ2n) is 5.70. The van der Waals surface area contributed by atoms with E-state index in [4.69, 9.17) is 6.11 Å². The van der Waals surface area contributed by atoms with Crippen LogP contribution in [0.15, 0.2) is 42.6 Å². The average Bonchev–Trinajstić information content (AvgIpc) is 2.88. The number of rotatable bonds is 7. The predicted molar refractivity (Wildman–Crippen MR) is 97.9 cm³/mol. The lowest BCUT2D eigenvalue weighted by Crippen LogP contribution is -2.25. The number of amides is 2. The van der Waals surface area contributed by atoms with Crippen LogP contribution in [0.5, 0.6) is 5.75 Å². The zero-order valence-corrected chi connectivity index (χ0v) is 14.8. The van der Waals surface area contributed by atoms with E-state index in [1.54, 1.807) is 0 Å². The van der Waals surface area contributed by atoms with Crippen molar-refractivity contribution in [3.8, 4) is 5.75 Å². The summed E-state index contributed by atoms with van der Waals surface area (Å²) >= 11 is 0.718. The number of aromatic nitrogens is 1. The first-order chi connectivity index (χ1) is 12.5. The van der Waals surface area contributed by atoms with Gasteiger partial charge in [0, 0.05) is 18.3 Å². The first-order valence-corrected chi connectivity index (χ1v) is 9.00. The van der Waals surface area contributed by atoms with Crippen LogP contribution in [0.1, 0.15) is 25.1 Å². The topological polar surface area (TPSA) is 68.3 Å². The van der Waals surface area contributed by atoms with Gasteiger partial charge < -0.3 is 4.74 Å². The molecule has 0 unspecified atom stereocenters. The van der Waals surface area contributed by atoms with E-state index < -0.39 is 16.4 Å². The van der Waals surface area contributed by atoms with Crippen molar-refractivity contribution >= 4 is 22.9 Å². The molecule has 3 rings (SSSR count). The number of thioether (sulfide) groups is 1. The molecular formula is C19H20N2O3S. The van der Waals surface area contributed by atoms with Gasteiger partial charge in [0.15, 0.2) is 0 Å². The normalized spacial score (nSPS) is 20.3. The van der Waals surface area contributed by atoms with Crippen molar-refractivity contribution in [3.63, 3.8) is 0 Å². The number of carbonyl (C=O) groups is 2. The van der Waals surface area contributed by atoms with Gasteiger partial charge in [-0.25, -0.2) is 0 Å². The molecule has 0 bridgehead atoms. The number of hydrogen-bond acceptors (Lipinski definition) is 5.